The minimum absolute atomic E-state index is 0.187. The summed E-state index contributed by atoms with van der Waals surface area (Å²) in [6, 6.07) is 0.431. The van der Waals surface area contributed by atoms with Gasteiger partial charge < -0.3 is 14.2 Å². The number of aromatic nitrogens is 2. The first-order valence-corrected chi connectivity index (χ1v) is 7.08. The lowest BCUT2D eigenvalue weighted by atomic mass is 9.96. The molecule has 0 saturated carbocycles. The van der Waals surface area contributed by atoms with E-state index < -0.39 is 0 Å². The van der Waals surface area contributed by atoms with Crippen molar-refractivity contribution in [3.63, 3.8) is 0 Å². The van der Waals surface area contributed by atoms with E-state index in [9.17, 15) is 4.79 Å². The monoisotopic (exact) mass is 265 g/mol. The Labute approximate surface area is 114 Å². The van der Waals surface area contributed by atoms with Gasteiger partial charge in [-0.25, -0.2) is 9.78 Å². The topological polar surface area (TPSA) is 47.4 Å². The maximum atomic E-state index is 11.6. The Hall–Kier alpha value is -1.52. The summed E-state index contributed by atoms with van der Waals surface area (Å²) >= 11 is 0. The lowest BCUT2D eigenvalue weighted by molar-refractivity contribution is 0.0963. The molecule has 0 bridgehead atoms. The number of hydrogen-bond donors (Lipinski definition) is 0. The highest BCUT2D eigenvalue weighted by atomic mass is 16.6. The molecule has 106 valence electrons. The van der Waals surface area contributed by atoms with Crippen LogP contribution >= 0.6 is 0 Å². The highest BCUT2D eigenvalue weighted by Crippen LogP contribution is 2.28. The average molecular weight is 265 g/mol. The molecule has 1 aromatic heterocycles. The predicted molar refractivity (Wildman–Crippen MR) is 73.2 cm³/mol. The van der Waals surface area contributed by atoms with Crippen molar-refractivity contribution in [3.8, 4) is 0 Å². The molecule has 5 heteroatoms. The van der Waals surface area contributed by atoms with Crippen LogP contribution in [0, 0.1) is 0 Å². The summed E-state index contributed by atoms with van der Waals surface area (Å²) in [4.78, 5) is 17.9. The van der Waals surface area contributed by atoms with Crippen molar-refractivity contribution in [3.05, 3.63) is 18.2 Å². The molecule has 1 fully saturated rings. The van der Waals surface area contributed by atoms with Gasteiger partial charge in [0.1, 0.15) is 5.82 Å². The third-order valence-electron chi connectivity index (χ3n) is 3.64. The summed E-state index contributed by atoms with van der Waals surface area (Å²) in [5.41, 5.74) is 0. The smallest absolute Gasteiger partial charge is 0.409 e. The zero-order chi connectivity index (χ0) is 13.8. The molecule has 0 N–H and O–H groups in total. The predicted octanol–water partition coefficient (Wildman–Crippen LogP) is 2.80. The van der Waals surface area contributed by atoms with E-state index in [-0.39, 0.29) is 6.09 Å². The number of imidazole rings is 1. The van der Waals surface area contributed by atoms with Crippen LogP contribution in [0.4, 0.5) is 4.79 Å². The van der Waals surface area contributed by atoms with E-state index in [4.69, 9.17) is 4.74 Å². The summed E-state index contributed by atoms with van der Waals surface area (Å²) in [5, 5.41) is 0. The molecule has 1 aromatic rings. The Bertz CT molecular complexity index is 420. The van der Waals surface area contributed by atoms with Gasteiger partial charge in [0.05, 0.1) is 6.61 Å². The summed E-state index contributed by atoms with van der Waals surface area (Å²) in [6.45, 7) is 8.13. The second kappa shape index (κ2) is 6.08. The molecule has 0 atom stereocenters. The van der Waals surface area contributed by atoms with Crippen molar-refractivity contribution < 1.29 is 9.53 Å². The molecule has 1 saturated heterocycles. The van der Waals surface area contributed by atoms with Gasteiger partial charge in [0.15, 0.2) is 0 Å². The zero-order valence-electron chi connectivity index (χ0n) is 12.0. The normalized spacial score (nSPS) is 16.9. The summed E-state index contributed by atoms with van der Waals surface area (Å²) in [7, 11) is 0. The summed E-state index contributed by atoms with van der Waals surface area (Å²) < 4.78 is 7.26. The molecule has 0 spiro atoms. The number of amides is 1. The summed E-state index contributed by atoms with van der Waals surface area (Å²) in [5.74, 6) is 1.60. The first-order valence-electron chi connectivity index (χ1n) is 7.08. The Balaban J connectivity index is 1.96. The molecule has 0 unspecified atom stereocenters. The van der Waals surface area contributed by atoms with E-state index in [1.165, 1.54) is 0 Å². The van der Waals surface area contributed by atoms with Crippen LogP contribution in [-0.4, -0.2) is 40.2 Å². The van der Waals surface area contributed by atoms with Crippen molar-refractivity contribution in [2.75, 3.05) is 19.7 Å². The molecule has 0 aliphatic carbocycles. The number of carbonyl (C=O) groups excluding carboxylic acids is 1. The third kappa shape index (κ3) is 3.08. The molecular formula is C14H23N3O2. The van der Waals surface area contributed by atoms with Crippen LogP contribution in [0.15, 0.2) is 12.4 Å². The Morgan fingerprint density at radius 3 is 2.74 bits per heavy atom. The van der Waals surface area contributed by atoms with Crippen LogP contribution in [0.5, 0.6) is 0 Å². The molecule has 5 nitrogen and oxygen atoms in total. The average Bonchev–Trinajstić information content (AvgIpc) is 2.88. The molecule has 1 aliphatic heterocycles. The lowest BCUT2D eigenvalue weighted by Gasteiger charge is -2.31. The van der Waals surface area contributed by atoms with Crippen LogP contribution in [-0.2, 0) is 4.74 Å². The SMILES string of the molecule is CCOC(=O)N1CCC(c2nccn2C(C)C)CC1. The van der Waals surface area contributed by atoms with E-state index in [1.54, 1.807) is 4.90 Å². The first-order chi connectivity index (χ1) is 9.13. The van der Waals surface area contributed by atoms with Crippen LogP contribution in [0.2, 0.25) is 0 Å². The van der Waals surface area contributed by atoms with Gasteiger partial charge in [-0.1, -0.05) is 0 Å². The molecule has 0 radical (unpaired) electrons. The maximum absolute atomic E-state index is 11.6. The van der Waals surface area contributed by atoms with Crippen molar-refractivity contribution in [1.29, 1.82) is 0 Å². The molecule has 19 heavy (non-hydrogen) atoms. The van der Waals surface area contributed by atoms with Gasteiger partial charge in [0.2, 0.25) is 0 Å². The highest BCUT2D eigenvalue weighted by Gasteiger charge is 2.27. The molecule has 2 rings (SSSR count). The fourth-order valence-corrected chi connectivity index (χ4v) is 2.61. The zero-order valence-corrected chi connectivity index (χ0v) is 12.0. The Morgan fingerprint density at radius 2 is 2.16 bits per heavy atom. The highest BCUT2D eigenvalue weighted by molar-refractivity contribution is 5.67. The second-order valence-electron chi connectivity index (χ2n) is 5.25. The van der Waals surface area contributed by atoms with Crippen molar-refractivity contribution in [2.24, 2.45) is 0 Å². The molecule has 1 amide bonds. The number of rotatable bonds is 3. The van der Waals surface area contributed by atoms with E-state index >= 15 is 0 Å². The van der Waals surface area contributed by atoms with Crippen molar-refractivity contribution >= 4 is 6.09 Å². The number of nitrogens with zero attached hydrogens (tertiary/aromatic N) is 3. The summed E-state index contributed by atoms with van der Waals surface area (Å²) in [6.07, 6.45) is 5.64. The van der Waals surface area contributed by atoms with Gasteiger partial charge in [0.25, 0.3) is 0 Å². The van der Waals surface area contributed by atoms with Gasteiger partial charge in [0, 0.05) is 37.4 Å². The number of hydrogen-bond acceptors (Lipinski definition) is 3. The number of carbonyl (C=O) groups is 1. The third-order valence-corrected chi connectivity index (χ3v) is 3.64. The van der Waals surface area contributed by atoms with Gasteiger partial charge in [-0.2, -0.15) is 0 Å². The molecular weight excluding hydrogens is 242 g/mol. The lowest BCUT2D eigenvalue weighted by Crippen LogP contribution is -2.38. The molecule has 0 aromatic carbocycles. The van der Waals surface area contributed by atoms with Crippen LogP contribution < -0.4 is 0 Å². The Morgan fingerprint density at radius 1 is 1.47 bits per heavy atom. The van der Waals surface area contributed by atoms with Crippen LogP contribution in [0.3, 0.4) is 0 Å². The standard InChI is InChI=1S/C14H23N3O2/c1-4-19-14(18)16-8-5-12(6-9-16)13-15-7-10-17(13)11(2)3/h7,10-12H,4-6,8-9H2,1-3H3. The number of likely N-dealkylation sites (tertiary alicyclic amines) is 1. The van der Waals surface area contributed by atoms with Gasteiger partial charge in [-0.3, -0.25) is 0 Å². The second-order valence-corrected chi connectivity index (χ2v) is 5.25. The van der Waals surface area contributed by atoms with Crippen molar-refractivity contribution in [1.82, 2.24) is 14.5 Å². The van der Waals surface area contributed by atoms with Gasteiger partial charge in [-0.05, 0) is 33.6 Å². The Kier molecular flexibility index (Phi) is 4.45. The van der Waals surface area contributed by atoms with E-state index in [0.29, 0.717) is 18.6 Å². The first kappa shape index (κ1) is 13.9. The quantitative estimate of drug-likeness (QED) is 0.844. The minimum atomic E-state index is -0.187. The van der Waals surface area contributed by atoms with Crippen LogP contribution in [0.25, 0.3) is 0 Å². The fourth-order valence-electron chi connectivity index (χ4n) is 2.61. The van der Waals surface area contributed by atoms with E-state index in [0.717, 1.165) is 31.8 Å². The van der Waals surface area contributed by atoms with Crippen molar-refractivity contribution in [2.45, 2.75) is 45.6 Å². The minimum Gasteiger partial charge on any atom is -0.450 e. The van der Waals surface area contributed by atoms with Gasteiger partial charge in [-0.15, -0.1) is 0 Å². The number of piperidine rings is 1. The number of ether oxygens (including phenoxy) is 1. The van der Waals surface area contributed by atoms with E-state index in [2.05, 4.69) is 23.4 Å². The van der Waals surface area contributed by atoms with Gasteiger partial charge >= 0.3 is 6.09 Å². The molecule has 2 heterocycles. The van der Waals surface area contributed by atoms with E-state index in [1.807, 2.05) is 19.3 Å². The fraction of sp³-hybridized carbons (Fsp3) is 0.714. The largest absolute Gasteiger partial charge is 0.450 e. The maximum Gasteiger partial charge on any atom is 0.409 e. The van der Waals surface area contributed by atoms with Crippen LogP contribution in [0.1, 0.15) is 51.4 Å². The molecule has 1 aliphatic rings.